The summed E-state index contributed by atoms with van der Waals surface area (Å²) in [6, 6.07) is -0.804. The van der Waals surface area contributed by atoms with Crippen LogP contribution >= 0.6 is 11.8 Å². The highest BCUT2D eigenvalue weighted by molar-refractivity contribution is 7.98. The number of likely N-dealkylation sites (tertiary alicyclic amines) is 1. The molecule has 9 heteroatoms. The third kappa shape index (κ3) is 4.64. The summed E-state index contributed by atoms with van der Waals surface area (Å²) >= 11 is 1.52. The Bertz CT molecular complexity index is 459. The molecule has 1 rings (SSSR count). The second-order valence-corrected chi connectivity index (χ2v) is 7.66. The van der Waals surface area contributed by atoms with Crippen molar-refractivity contribution in [2.75, 3.05) is 30.9 Å². The van der Waals surface area contributed by atoms with Gasteiger partial charge in [-0.1, -0.05) is 0 Å². The molecule has 2 N–H and O–H groups in total. The fourth-order valence-electron chi connectivity index (χ4n) is 1.80. The number of carbonyl (C=O) groups is 2. The van der Waals surface area contributed by atoms with Crippen molar-refractivity contribution in [3.63, 3.8) is 0 Å². The van der Waals surface area contributed by atoms with Gasteiger partial charge >= 0.3 is 5.97 Å². The molecular weight excluding hydrogens is 304 g/mol. The number of nitrogens with zero attached hydrogens (tertiary/aromatic N) is 1. The second kappa shape index (κ2) is 7.28. The zero-order valence-corrected chi connectivity index (χ0v) is 13.2. The van der Waals surface area contributed by atoms with Gasteiger partial charge in [-0.15, -0.1) is 0 Å². The van der Waals surface area contributed by atoms with E-state index in [1.165, 1.54) is 23.6 Å². The Balaban J connectivity index is 2.64. The summed E-state index contributed by atoms with van der Waals surface area (Å²) in [5.74, 6) is -1.24. The molecule has 1 saturated heterocycles. The van der Waals surface area contributed by atoms with Gasteiger partial charge in [0.1, 0.15) is 6.04 Å². The van der Waals surface area contributed by atoms with Crippen LogP contribution < -0.4 is 4.72 Å². The van der Waals surface area contributed by atoms with Gasteiger partial charge in [0, 0.05) is 13.1 Å². The highest BCUT2D eigenvalue weighted by atomic mass is 32.2. The molecule has 1 fully saturated rings. The van der Waals surface area contributed by atoms with Crippen LogP contribution in [0.1, 0.15) is 13.3 Å². The molecule has 0 aromatic rings. The molecule has 0 bridgehead atoms. The molecule has 1 amide bonds. The Morgan fingerprint density at radius 2 is 2.05 bits per heavy atom. The third-order valence-corrected chi connectivity index (χ3v) is 5.20. The van der Waals surface area contributed by atoms with Crippen LogP contribution in [0.3, 0.4) is 0 Å². The molecule has 0 spiro atoms. The molecular formula is C11H20N2O5S2. The van der Waals surface area contributed by atoms with Gasteiger partial charge < -0.3 is 10.0 Å². The summed E-state index contributed by atoms with van der Waals surface area (Å²) in [5, 5.41) is 8.78. The van der Waals surface area contributed by atoms with Crippen molar-refractivity contribution in [3.8, 4) is 0 Å². The minimum Gasteiger partial charge on any atom is -0.481 e. The maximum Gasteiger partial charge on any atom is 0.310 e. The first-order chi connectivity index (χ1) is 9.30. The lowest BCUT2D eigenvalue weighted by Gasteiger charge is -2.38. The van der Waals surface area contributed by atoms with E-state index in [0.29, 0.717) is 12.2 Å². The minimum atomic E-state index is -3.46. The monoisotopic (exact) mass is 324 g/mol. The van der Waals surface area contributed by atoms with E-state index in [4.69, 9.17) is 5.11 Å². The Kier molecular flexibility index (Phi) is 6.28. The van der Waals surface area contributed by atoms with E-state index in [1.54, 1.807) is 0 Å². The van der Waals surface area contributed by atoms with Gasteiger partial charge in [0.2, 0.25) is 15.9 Å². The van der Waals surface area contributed by atoms with Crippen molar-refractivity contribution < 1.29 is 23.1 Å². The van der Waals surface area contributed by atoms with E-state index in [9.17, 15) is 18.0 Å². The predicted octanol–water partition coefficient (Wildman–Crippen LogP) is -0.410. The van der Waals surface area contributed by atoms with Crippen molar-refractivity contribution in [1.82, 2.24) is 9.62 Å². The summed E-state index contributed by atoms with van der Waals surface area (Å²) in [6.07, 6.45) is 2.27. The van der Waals surface area contributed by atoms with E-state index >= 15 is 0 Å². The molecule has 1 atom stereocenters. The quantitative estimate of drug-likeness (QED) is 0.629. The molecule has 0 radical (unpaired) electrons. The number of sulfonamides is 1. The summed E-state index contributed by atoms with van der Waals surface area (Å²) in [4.78, 5) is 24.3. The van der Waals surface area contributed by atoms with Crippen LogP contribution in [0.25, 0.3) is 0 Å². The number of amides is 1. The fourth-order valence-corrected chi connectivity index (χ4v) is 3.09. The molecule has 1 aliphatic heterocycles. The van der Waals surface area contributed by atoms with Gasteiger partial charge in [0.05, 0.1) is 11.7 Å². The number of thioether (sulfide) groups is 1. The lowest BCUT2D eigenvalue weighted by molar-refractivity contribution is -0.153. The van der Waals surface area contributed by atoms with Crippen LogP contribution in [0.15, 0.2) is 0 Å². The Labute approximate surface area is 123 Å². The van der Waals surface area contributed by atoms with Crippen LogP contribution in [0.2, 0.25) is 0 Å². The molecule has 0 aromatic carbocycles. The lowest BCUT2D eigenvalue weighted by atomic mass is 9.99. The Hall–Kier alpha value is -0.800. The van der Waals surface area contributed by atoms with E-state index in [2.05, 4.69) is 4.72 Å². The van der Waals surface area contributed by atoms with Gasteiger partial charge in [-0.2, -0.15) is 11.8 Å². The number of hydrogen-bond acceptors (Lipinski definition) is 5. The number of carbonyl (C=O) groups excluding carboxylic acids is 1. The number of carboxylic acids is 1. The molecule has 0 aliphatic carbocycles. The molecule has 116 valence electrons. The van der Waals surface area contributed by atoms with Crippen molar-refractivity contribution in [2.45, 2.75) is 19.4 Å². The van der Waals surface area contributed by atoms with Gasteiger partial charge in [0.25, 0.3) is 0 Å². The van der Waals surface area contributed by atoms with Crippen LogP contribution in [0.4, 0.5) is 0 Å². The van der Waals surface area contributed by atoms with E-state index < -0.39 is 28.0 Å². The minimum absolute atomic E-state index is 0.0895. The molecule has 0 aromatic heterocycles. The molecule has 0 saturated carbocycles. The summed E-state index contributed by atoms with van der Waals surface area (Å²) in [6.45, 7) is 1.80. The topological polar surface area (TPSA) is 104 Å². The van der Waals surface area contributed by atoms with Gasteiger partial charge in [0.15, 0.2) is 0 Å². The van der Waals surface area contributed by atoms with Gasteiger partial charge in [-0.3, -0.25) is 9.59 Å². The standard InChI is InChI=1S/C11H20N2O5S2/c1-3-20(17,18)12-9(4-5-19-2)10(14)13-6-8(7-13)11(15)16/h8-9,12H,3-7H2,1-2H3,(H,15,16). The fraction of sp³-hybridized carbons (Fsp3) is 0.818. The van der Waals surface area contributed by atoms with Gasteiger partial charge in [-0.05, 0) is 25.4 Å². The van der Waals surface area contributed by atoms with Crippen molar-refractivity contribution >= 4 is 33.7 Å². The number of hydrogen-bond donors (Lipinski definition) is 2. The normalized spacial score (nSPS) is 17.6. The van der Waals surface area contributed by atoms with E-state index in [1.807, 2.05) is 6.26 Å². The maximum atomic E-state index is 12.2. The molecule has 20 heavy (non-hydrogen) atoms. The summed E-state index contributed by atoms with van der Waals surface area (Å²) in [5.41, 5.74) is 0. The molecule has 1 unspecified atom stereocenters. The van der Waals surface area contributed by atoms with Gasteiger partial charge in [-0.25, -0.2) is 13.1 Å². The highest BCUT2D eigenvalue weighted by Crippen LogP contribution is 2.18. The maximum absolute atomic E-state index is 12.2. The first kappa shape index (κ1) is 17.3. The SMILES string of the molecule is CCS(=O)(=O)NC(CCSC)C(=O)N1CC(C(=O)O)C1. The first-order valence-corrected chi connectivity index (χ1v) is 9.35. The van der Waals surface area contributed by atoms with E-state index in [0.717, 1.165) is 0 Å². The average molecular weight is 324 g/mol. The Morgan fingerprint density at radius 3 is 2.50 bits per heavy atom. The number of nitrogens with one attached hydrogen (secondary N) is 1. The van der Waals surface area contributed by atoms with Crippen LogP contribution in [0.5, 0.6) is 0 Å². The molecule has 1 heterocycles. The Morgan fingerprint density at radius 1 is 1.45 bits per heavy atom. The first-order valence-electron chi connectivity index (χ1n) is 6.31. The number of rotatable bonds is 8. The molecule has 1 aliphatic rings. The van der Waals surface area contributed by atoms with Crippen molar-refractivity contribution in [2.24, 2.45) is 5.92 Å². The van der Waals surface area contributed by atoms with E-state index in [-0.39, 0.29) is 24.7 Å². The van der Waals surface area contributed by atoms with Crippen LogP contribution in [-0.2, 0) is 19.6 Å². The predicted molar refractivity (Wildman–Crippen MR) is 77.1 cm³/mol. The second-order valence-electron chi connectivity index (χ2n) is 4.63. The number of carboxylic acid groups (broad SMARTS) is 1. The summed E-state index contributed by atoms with van der Waals surface area (Å²) in [7, 11) is -3.46. The van der Waals surface area contributed by atoms with Crippen molar-refractivity contribution in [1.29, 1.82) is 0 Å². The van der Waals surface area contributed by atoms with Crippen LogP contribution in [0, 0.1) is 5.92 Å². The zero-order chi connectivity index (χ0) is 15.3. The average Bonchev–Trinajstić information content (AvgIpc) is 2.31. The smallest absolute Gasteiger partial charge is 0.310 e. The lowest BCUT2D eigenvalue weighted by Crippen LogP contribution is -2.58. The largest absolute Gasteiger partial charge is 0.481 e. The number of aliphatic carboxylic acids is 1. The van der Waals surface area contributed by atoms with Crippen LogP contribution in [-0.4, -0.2) is 67.2 Å². The third-order valence-electron chi connectivity index (χ3n) is 3.15. The van der Waals surface area contributed by atoms with Crippen molar-refractivity contribution in [3.05, 3.63) is 0 Å². The summed E-state index contributed by atoms with van der Waals surface area (Å²) < 4.78 is 25.6. The molecule has 7 nitrogen and oxygen atoms in total. The zero-order valence-electron chi connectivity index (χ0n) is 11.5. The highest BCUT2D eigenvalue weighted by Gasteiger charge is 2.38.